The Morgan fingerprint density at radius 3 is 2.39 bits per heavy atom. The molecule has 31 heavy (non-hydrogen) atoms. The lowest BCUT2D eigenvalue weighted by molar-refractivity contribution is -0.144. The van der Waals surface area contributed by atoms with E-state index in [2.05, 4.69) is 20.4 Å². The van der Waals surface area contributed by atoms with Gasteiger partial charge in [-0.05, 0) is 25.5 Å². The summed E-state index contributed by atoms with van der Waals surface area (Å²) in [7, 11) is 0. The average Bonchev–Trinajstić information content (AvgIpc) is 3.17. The highest BCUT2D eigenvalue weighted by molar-refractivity contribution is 5.96. The maximum absolute atomic E-state index is 13.0. The molecule has 6 nitrogen and oxygen atoms in total. The summed E-state index contributed by atoms with van der Waals surface area (Å²) >= 11 is 0. The molecule has 0 saturated carbocycles. The van der Waals surface area contributed by atoms with E-state index in [0.29, 0.717) is 22.6 Å². The molecule has 0 bridgehead atoms. The fraction of sp³-hybridized carbons (Fsp3) is 0.182. The van der Waals surface area contributed by atoms with E-state index in [0.717, 1.165) is 15.6 Å². The van der Waals surface area contributed by atoms with Gasteiger partial charge in [-0.25, -0.2) is 9.50 Å². The summed E-state index contributed by atoms with van der Waals surface area (Å²) in [5, 5.41) is 6.41. The normalized spacial score (nSPS) is 11.6. The highest BCUT2D eigenvalue weighted by Crippen LogP contribution is 2.29. The van der Waals surface area contributed by atoms with E-state index in [4.69, 9.17) is 0 Å². The zero-order chi connectivity index (χ0) is 22.2. The molecule has 4 rings (SSSR count). The van der Waals surface area contributed by atoms with Crippen LogP contribution in [0, 0.1) is 13.8 Å². The number of aromatic nitrogens is 4. The third-order valence-corrected chi connectivity index (χ3v) is 4.93. The van der Waals surface area contributed by atoms with Gasteiger partial charge in [0.1, 0.15) is 0 Å². The lowest BCUT2D eigenvalue weighted by Gasteiger charge is -2.13. The van der Waals surface area contributed by atoms with Crippen molar-refractivity contribution in [1.29, 1.82) is 0 Å². The molecular formula is C22H18F3N5O. The van der Waals surface area contributed by atoms with Crippen molar-refractivity contribution in [3.8, 4) is 11.1 Å². The van der Waals surface area contributed by atoms with E-state index in [1.165, 1.54) is 0 Å². The Hall–Kier alpha value is -3.75. The highest BCUT2D eigenvalue weighted by Gasteiger charge is 2.37. The predicted octanol–water partition coefficient (Wildman–Crippen LogP) is 4.61. The van der Waals surface area contributed by atoms with E-state index in [1.54, 1.807) is 19.9 Å². The maximum Gasteiger partial charge on any atom is 0.453 e. The van der Waals surface area contributed by atoms with Crippen LogP contribution in [0.2, 0.25) is 0 Å². The molecule has 2 heterocycles. The van der Waals surface area contributed by atoms with E-state index in [9.17, 15) is 18.0 Å². The van der Waals surface area contributed by atoms with Crippen LogP contribution in [0.3, 0.4) is 0 Å². The molecule has 9 heteroatoms. The van der Waals surface area contributed by atoms with Crippen LogP contribution in [0.4, 0.5) is 18.9 Å². The van der Waals surface area contributed by atoms with Crippen LogP contribution >= 0.6 is 0 Å². The average molecular weight is 425 g/mol. The minimum Gasteiger partial charge on any atom is -0.325 e. The van der Waals surface area contributed by atoms with Gasteiger partial charge in [0.15, 0.2) is 0 Å². The number of anilines is 1. The molecule has 0 radical (unpaired) electrons. The molecule has 0 atom stereocenters. The van der Waals surface area contributed by atoms with Crippen molar-refractivity contribution < 1.29 is 18.0 Å². The first-order valence-corrected chi connectivity index (χ1v) is 9.48. The smallest absolute Gasteiger partial charge is 0.325 e. The van der Waals surface area contributed by atoms with Gasteiger partial charge in [0.2, 0.25) is 5.91 Å². The predicted molar refractivity (Wildman–Crippen MR) is 109 cm³/mol. The third-order valence-electron chi connectivity index (χ3n) is 4.93. The number of halogens is 3. The summed E-state index contributed by atoms with van der Waals surface area (Å²) in [5.74, 6) is -1.73. The number of rotatable bonds is 4. The van der Waals surface area contributed by atoms with Crippen LogP contribution in [0.5, 0.6) is 0 Å². The second-order valence-electron chi connectivity index (χ2n) is 7.04. The van der Waals surface area contributed by atoms with Crippen molar-refractivity contribution in [3.63, 3.8) is 0 Å². The minimum absolute atomic E-state index is 0.0645. The number of benzene rings is 2. The van der Waals surface area contributed by atoms with Crippen LogP contribution in [-0.4, -0.2) is 25.5 Å². The second kappa shape index (κ2) is 7.82. The Morgan fingerprint density at radius 2 is 1.68 bits per heavy atom. The lowest BCUT2D eigenvalue weighted by atomic mass is 10.0. The van der Waals surface area contributed by atoms with Crippen LogP contribution in [-0.2, 0) is 17.4 Å². The van der Waals surface area contributed by atoms with Crippen molar-refractivity contribution >= 4 is 17.4 Å². The summed E-state index contributed by atoms with van der Waals surface area (Å²) in [6.45, 7) is 3.23. The molecule has 2 aromatic heterocycles. The monoisotopic (exact) mass is 425 g/mol. The van der Waals surface area contributed by atoms with Gasteiger partial charge in [-0.15, -0.1) is 5.10 Å². The van der Waals surface area contributed by atoms with Crippen LogP contribution in [0.15, 0.2) is 54.6 Å². The molecular weight excluding hydrogens is 407 g/mol. The molecule has 1 N–H and O–H groups in total. The summed E-state index contributed by atoms with van der Waals surface area (Å²) in [5.41, 5.74) is 3.78. The summed E-state index contributed by atoms with van der Waals surface area (Å²) in [6, 6.07) is 17.0. The molecule has 4 aromatic rings. The number of fused-ring (bicyclic) bond motifs is 1. The molecule has 0 spiro atoms. The molecule has 0 saturated heterocycles. The summed E-state index contributed by atoms with van der Waals surface area (Å²) in [6.07, 6.45) is -4.74. The fourth-order valence-electron chi connectivity index (χ4n) is 3.40. The molecule has 0 aliphatic carbocycles. The first-order valence-electron chi connectivity index (χ1n) is 9.48. The number of carbonyl (C=O) groups excluding carboxylic acids is 1. The number of hydrogen-bond acceptors (Lipinski definition) is 4. The molecule has 2 aromatic carbocycles. The second-order valence-corrected chi connectivity index (χ2v) is 7.04. The van der Waals surface area contributed by atoms with Crippen molar-refractivity contribution in [1.82, 2.24) is 19.6 Å². The van der Waals surface area contributed by atoms with Crippen LogP contribution in [0.25, 0.3) is 16.9 Å². The van der Waals surface area contributed by atoms with E-state index in [-0.39, 0.29) is 18.1 Å². The third kappa shape index (κ3) is 4.11. The minimum atomic E-state index is -4.67. The van der Waals surface area contributed by atoms with Gasteiger partial charge in [0.05, 0.1) is 6.42 Å². The van der Waals surface area contributed by atoms with Gasteiger partial charge in [-0.1, -0.05) is 48.5 Å². The van der Waals surface area contributed by atoms with Gasteiger partial charge >= 0.3 is 6.18 Å². The number of aryl methyl sites for hydroxylation is 2. The Kier molecular flexibility index (Phi) is 5.18. The van der Waals surface area contributed by atoms with Crippen molar-refractivity contribution in [2.75, 3.05) is 5.32 Å². The molecule has 0 unspecified atom stereocenters. The number of alkyl halides is 3. The van der Waals surface area contributed by atoms with Crippen LogP contribution < -0.4 is 5.32 Å². The largest absolute Gasteiger partial charge is 0.453 e. The summed E-state index contributed by atoms with van der Waals surface area (Å²) in [4.78, 5) is 20.4. The first kappa shape index (κ1) is 20.5. The van der Waals surface area contributed by atoms with Crippen LogP contribution in [0.1, 0.15) is 22.8 Å². The van der Waals surface area contributed by atoms with E-state index < -0.39 is 12.0 Å². The topological polar surface area (TPSA) is 72.2 Å². The Morgan fingerprint density at radius 1 is 1.00 bits per heavy atom. The van der Waals surface area contributed by atoms with Gasteiger partial charge in [0, 0.05) is 28.2 Å². The lowest BCUT2D eigenvalue weighted by Crippen LogP contribution is -2.18. The number of para-hydroxylation sites is 1. The Bertz CT molecular complexity index is 1270. The Balaban J connectivity index is 1.63. The quantitative estimate of drug-likeness (QED) is 0.518. The number of nitrogens with zero attached hydrogens (tertiary/aromatic N) is 4. The standard InChI is InChI=1S/C22H18F3N5O/c1-13-17(14(2)30-21(26-13)28-20(29-30)22(23,24)25)12-19(31)27-18-11-7-6-10-16(18)15-8-4-3-5-9-15/h3-11H,12H2,1-2H3,(H,27,31). The molecule has 0 fully saturated rings. The number of hydrogen-bond donors (Lipinski definition) is 1. The van der Waals surface area contributed by atoms with Crippen molar-refractivity contribution in [2.45, 2.75) is 26.4 Å². The van der Waals surface area contributed by atoms with Gasteiger partial charge < -0.3 is 5.32 Å². The number of carbonyl (C=O) groups is 1. The fourth-order valence-corrected chi connectivity index (χ4v) is 3.40. The van der Waals surface area contributed by atoms with E-state index >= 15 is 0 Å². The van der Waals surface area contributed by atoms with E-state index in [1.807, 2.05) is 48.5 Å². The highest BCUT2D eigenvalue weighted by atomic mass is 19.4. The Labute approximate surface area is 175 Å². The van der Waals surface area contributed by atoms with Crippen molar-refractivity contribution in [3.05, 3.63) is 77.4 Å². The summed E-state index contributed by atoms with van der Waals surface area (Å²) < 4.78 is 39.9. The zero-order valence-electron chi connectivity index (χ0n) is 16.7. The van der Waals surface area contributed by atoms with Gasteiger partial charge in [-0.3, -0.25) is 4.79 Å². The SMILES string of the molecule is Cc1nc2nc(C(F)(F)F)nn2c(C)c1CC(=O)Nc1ccccc1-c1ccccc1. The van der Waals surface area contributed by atoms with Crippen molar-refractivity contribution in [2.24, 2.45) is 0 Å². The van der Waals surface area contributed by atoms with Gasteiger partial charge in [0.25, 0.3) is 11.6 Å². The molecule has 1 amide bonds. The molecule has 0 aliphatic heterocycles. The number of amides is 1. The number of nitrogens with one attached hydrogen (secondary N) is 1. The molecule has 158 valence electrons. The first-order chi connectivity index (χ1) is 14.7. The van der Waals surface area contributed by atoms with Gasteiger partial charge in [-0.2, -0.15) is 18.2 Å². The zero-order valence-corrected chi connectivity index (χ0v) is 16.7. The maximum atomic E-state index is 13.0. The molecule has 0 aliphatic rings.